The second kappa shape index (κ2) is 8.89. The van der Waals surface area contributed by atoms with Crippen LogP contribution in [0.5, 0.6) is 5.75 Å². The van der Waals surface area contributed by atoms with Gasteiger partial charge in [-0.1, -0.05) is 53.6 Å². The Morgan fingerprint density at radius 3 is 2.19 bits per heavy atom. The van der Waals surface area contributed by atoms with Crippen LogP contribution >= 0.6 is 11.6 Å². The normalized spacial score (nSPS) is 17.6. The molecule has 3 aromatic carbocycles. The van der Waals surface area contributed by atoms with Gasteiger partial charge in [0.2, 0.25) is 0 Å². The van der Waals surface area contributed by atoms with E-state index in [0.717, 1.165) is 5.56 Å². The lowest BCUT2D eigenvalue weighted by atomic mass is 9.95. The summed E-state index contributed by atoms with van der Waals surface area (Å²) in [6.07, 6.45) is 0. The molecule has 4 rings (SSSR count). The quantitative estimate of drug-likeness (QED) is 0.310. The Morgan fingerprint density at radius 1 is 0.969 bits per heavy atom. The lowest BCUT2D eigenvalue weighted by Gasteiger charge is -2.25. The number of anilines is 1. The maximum Gasteiger partial charge on any atom is 0.300 e. The van der Waals surface area contributed by atoms with Crippen LogP contribution in [0.15, 0.2) is 78.4 Å². The van der Waals surface area contributed by atoms with Gasteiger partial charge >= 0.3 is 0 Å². The standard InChI is InChI=1S/C26H22ClNO4/c1-3-32-21-14-8-17(9-15-21)23-22(24(29)18-6-4-16(2)5-7-18)25(30)26(31)28(23)20-12-10-19(27)11-13-20/h4-15,23,29H,3H2,1-2H3/b24-22+. The number of amides is 1. The van der Waals surface area contributed by atoms with Crippen molar-refractivity contribution in [2.24, 2.45) is 0 Å². The Balaban J connectivity index is 1.89. The van der Waals surface area contributed by atoms with Gasteiger partial charge in [0, 0.05) is 16.3 Å². The molecule has 5 nitrogen and oxygen atoms in total. The number of aliphatic hydroxyl groups is 1. The molecule has 32 heavy (non-hydrogen) atoms. The summed E-state index contributed by atoms with van der Waals surface area (Å²) in [5.41, 5.74) is 2.72. The summed E-state index contributed by atoms with van der Waals surface area (Å²) in [4.78, 5) is 27.6. The van der Waals surface area contributed by atoms with Gasteiger partial charge in [-0.25, -0.2) is 0 Å². The minimum Gasteiger partial charge on any atom is -0.507 e. The fourth-order valence-corrected chi connectivity index (χ4v) is 3.92. The smallest absolute Gasteiger partial charge is 0.300 e. The summed E-state index contributed by atoms with van der Waals surface area (Å²) >= 11 is 6.02. The summed E-state index contributed by atoms with van der Waals surface area (Å²) in [5, 5.41) is 11.6. The molecule has 6 heteroatoms. The number of hydrogen-bond acceptors (Lipinski definition) is 4. The first-order chi connectivity index (χ1) is 15.4. The first-order valence-electron chi connectivity index (χ1n) is 10.3. The van der Waals surface area contributed by atoms with Gasteiger partial charge in [-0.05, 0) is 55.8 Å². The topological polar surface area (TPSA) is 66.8 Å². The highest BCUT2D eigenvalue weighted by Crippen LogP contribution is 2.42. The Kier molecular flexibility index (Phi) is 6.01. The molecule has 0 aliphatic carbocycles. The fraction of sp³-hybridized carbons (Fsp3) is 0.154. The number of aliphatic hydroxyl groups excluding tert-OH is 1. The van der Waals surface area contributed by atoms with E-state index in [2.05, 4.69) is 0 Å². The molecule has 1 saturated heterocycles. The summed E-state index contributed by atoms with van der Waals surface area (Å²) < 4.78 is 5.52. The number of ketones is 1. The van der Waals surface area contributed by atoms with Crippen molar-refractivity contribution in [3.63, 3.8) is 0 Å². The highest BCUT2D eigenvalue weighted by Gasteiger charge is 2.46. The SMILES string of the molecule is CCOc1ccc(C2/C(=C(\O)c3ccc(C)cc3)C(=O)C(=O)N2c2ccc(Cl)cc2)cc1. The lowest BCUT2D eigenvalue weighted by molar-refractivity contribution is -0.132. The zero-order valence-electron chi connectivity index (χ0n) is 17.7. The average molecular weight is 448 g/mol. The number of halogens is 1. The van der Waals surface area contributed by atoms with Gasteiger partial charge in [0.15, 0.2) is 0 Å². The number of ether oxygens (including phenoxy) is 1. The largest absolute Gasteiger partial charge is 0.507 e. The molecule has 1 aliphatic heterocycles. The van der Waals surface area contributed by atoms with Crippen LogP contribution < -0.4 is 9.64 Å². The van der Waals surface area contributed by atoms with E-state index >= 15 is 0 Å². The highest BCUT2D eigenvalue weighted by molar-refractivity contribution is 6.51. The number of carbonyl (C=O) groups is 2. The van der Waals surface area contributed by atoms with Gasteiger partial charge in [0.1, 0.15) is 11.5 Å². The van der Waals surface area contributed by atoms with Crippen LogP contribution in [0.3, 0.4) is 0 Å². The average Bonchev–Trinajstić information content (AvgIpc) is 3.06. The predicted molar refractivity (Wildman–Crippen MR) is 125 cm³/mol. The van der Waals surface area contributed by atoms with Crippen molar-refractivity contribution in [2.45, 2.75) is 19.9 Å². The maximum atomic E-state index is 13.1. The van der Waals surface area contributed by atoms with Gasteiger partial charge in [-0.2, -0.15) is 0 Å². The molecule has 1 aliphatic rings. The van der Waals surface area contributed by atoms with E-state index in [-0.39, 0.29) is 11.3 Å². The third-order valence-corrected chi connectivity index (χ3v) is 5.63. The highest BCUT2D eigenvalue weighted by atomic mass is 35.5. The summed E-state index contributed by atoms with van der Waals surface area (Å²) in [6.45, 7) is 4.35. The van der Waals surface area contributed by atoms with E-state index in [1.165, 1.54) is 4.90 Å². The van der Waals surface area contributed by atoms with Crippen LogP contribution in [0.2, 0.25) is 5.02 Å². The summed E-state index contributed by atoms with van der Waals surface area (Å²) in [5.74, 6) is -0.978. The van der Waals surface area contributed by atoms with Crippen molar-refractivity contribution in [1.29, 1.82) is 0 Å². The first kappa shape index (κ1) is 21.7. The van der Waals surface area contributed by atoms with Crippen molar-refractivity contribution in [2.75, 3.05) is 11.5 Å². The van der Waals surface area contributed by atoms with Gasteiger partial charge in [0.25, 0.3) is 11.7 Å². The molecule has 1 fully saturated rings. The monoisotopic (exact) mass is 447 g/mol. The molecule has 1 heterocycles. The number of hydrogen-bond donors (Lipinski definition) is 1. The van der Waals surface area contributed by atoms with Gasteiger partial charge in [0.05, 0.1) is 18.2 Å². The molecule has 0 saturated carbocycles. The van der Waals surface area contributed by atoms with E-state index < -0.39 is 17.7 Å². The van der Waals surface area contributed by atoms with Crippen LogP contribution in [0.4, 0.5) is 5.69 Å². The minimum absolute atomic E-state index is 0.0398. The van der Waals surface area contributed by atoms with Crippen molar-refractivity contribution in [3.8, 4) is 5.75 Å². The first-order valence-corrected chi connectivity index (χ1v) is 10.6. The van der Waals surface area contributed by atoms with Crippen molar-refractivity contribution in [1.82, 2.24) is 0 Å². The second-order valence-corrected chi connectivity index (χ2v) is 7.95. The number of carbonyl (C=O) groups excluding carboxylic acids is 2. The van der Waals surface area contributed by atoms with Crippen LogP contribution in [-0.2, 0) is 9.59 Å². The van der Waals surface area contributed by atoms with Gasteiger partial charge in [-0.3, -0.25) is 14.5 Å². The van der Waals surface area contributed by atoms with Crippen molar-refractivity contribution in [3.05, 3.63) is 100 Å². The van der Waals surface area contributed by atoms with E-state index in [1.54, 1.807) is 60.7 Å². The van der Waals surface area contributed by atoms with E-state index in [0.29, 0.717) is 34.2 Å². The number of rotatable bonds is 5. The summed E-state index contributed by atoms with van der Waals surface area (Å²) in [6, 6.07) is 20.2. The molecule has 1 amide bonds. The van der Waals surface area contributed by atoms with E-state index in [9.17, 15) is 14.7 Å². The third kappa shape index (κ3) is 3.99. The predicted octanol–water partition coefficient (Wildman–Crippen LogP) is 5.67. The minimum atomic E-state index is -0.798. The van der Waals surface area contributed by atoms with Crippen LogP contribution in [-0.4, -0.2) is 23.4 Å². The van der Waals surface area contributed by atoms with E-state index in [4.69, 9.17) is 16.3 Å². The summed E-state index contributed by atoms with van der Waals surface area (Å²) in [7, 11) is 0. The van der Waals surface area contributed by atoms with Crippen molar-refractivity contribution >= 4 is 34.7 Å². The van der Waals surface area contributed by atoms with Gasteiger partial charge in [-0.15, -0.1) is 0 Å². The Hall–Kier alpha value is -3.57. The molecule has 1 atom stereocenters. The third-order valence-electron chi connectivity index (χ3n) is 5.38. The molecule has 0 aromatic heterocycles. The molecule has 0 bridgehead atoms. The second-order valence-electron chi connectivity index (χ2n) is 7.51. The Morgan fingerprint density at radius 2 is 1.59 bits per heavy atom. The maximum absolute atomic E-state index is 13.1. The lowest BCUT2D eigenvalue weighted by Crippen LogP contribution is -2.29. The Labute approximate surface area is 191 Å². The fourth-order valence-electron chi connectivity index (χ4n) is 3.80. The zero-order valence-corrected chi connectivity index (χ0v) is 18.5. The van der Waals surface area contributed by atoms with E-state index in [1.807, 2.05) is 26.0 Å². The molecule has 0 spiro atoms. The zero-order chi connectivity index (χ0) is 22.8. The number of Topliss-reactive ketones (excluding diaryl/α,β-unsaturated/α-hetero) is 1. The molecular formula is C26H22ClNO4. The number of aryl methyl sites for hydroxylation is 1. The van der Waals surface area contributed by atoms with Crippen LogP contribution in [0.25, 0.3) is 5.76 Å². The molecule has 162 valence electrons. The molecular weight excluding hydrogens is 426 g/mol. The van der Waals surface area contributed by atoms with Gasteiger partial charge < -0.3 is 9.84 Å². The molecule has 3 aromatic rings. The number of benzene rings is 3. The Bertz CT molecular complexity index is 1180. The molecule has 1 N–H and O–H groups in total. The van der Waals surface area contributed by atoms with Crippen molar-refractivity contribution < 1.29 is 19.4 Å². The molecule has 0 radical (unpaired) electrons. The number of nitrogens with zero attached hydrogens (tertiary/aromatic N) is 1. The van der Waals surface area contributed by atoms with Crippen LogP contribution in [0.1, 0.15) is 29.7 Å². The molecule has 1 unspecified atom stereocenters. The van der Waals surface area contributed by atoms with Crippen LogP contribution in [0, 0.1) is 6.92 Å².